The number of alkyl halides is 11. The number of rotatable bonds is 5. The molecule has 0 aliphatic heterocycles. The fraction of sp³-hybridized carbons (Fsp3) is 0.938. The number of carbonyl (C=O) groups excluding carboxylic acids is 1. The minimum atomic E-state index is -6.26. The Balaban J connectivity index is 3.14. The normalized spacial score (nSPS) is 29.4. The number of aliphatic hydroxyl groups is 1. The van der Waals surface area contributed by atoms with Crippen molar-refractivity contribution in [2.45, 2.75) is 81.6 Å². The van der Waals surface area contributed by atoms with Crippen LogP contribution in [0.3, 0.4) is 0 Å². The summed E-state index contributed by atoms with van der Waals surface area (Å²) in [6.45, 7) is 1.36. The summed E-state index contributed by atoms with van der Waals surface area (Å²) in [6, 6.07) is 0. The lowest BCUT2D eigenvalue weighted by atomic mass is 9.68. The second-order valence-corrected chi connectivity index (χ2v) is 7.72. The topological polar surface area (TPSA) is 46.5 Å². The third kappa shape index (κ3) is 4.47. The second kappa shape index (κ2) is 7.66. The molecule has 0 amide bonds. The average molecular weight is 468 g/mol. The Bertz CT molecular complexity index is 624. The molecule has 30 heavy (non-hydrogen) atoms. The summed E-state index contributed by atoms with van der Waals surface area (Å²) in [5.74, 6) is -15.9. The van der Waals surface area contributed by atoms with Crippen LogP contribution in [0.2, 0.25) is 0 Å². The third-order valence-electron chi connectivity index (χ3n) is 5.05. The highest BCUT2D eigenvalue weighted by Crippen LogP contribution is 2.56. The van der Waals surface area contributed by atoms with Crippen molar-refractivity contribution >= 4 is 5.97 Å². The molecule has 1 aliphatic rings. The standard InChI is InChI=1S/C16H19F11O3/c1-7-4-9(14(20,21)12(19,5-7)11(3,17)18)10(28)30-8(2)6-13(29,15(22,23)24)16(25,26)27/h7-9,29H,4-6H2,1-3H3. The molecule has 1 saturated carbocycles. The Morgan fingerprint density at radius 3 is 1.87 bits per heavy atom. The number of hydrogen-bond donors (Lipinski definition) is 1. The van der Waals surface area contributed by atoms with Crippen molar-refractivity contribution in [1.29, 1.82) is 0 Å². The zero-order chi connectivity index (χ0) is 24.1. The second-order valence-electron chi connectivity index (χ2n) is 7.72. The van der Waals surface area contributed by atoms with Gasteiger partial charge >= 0.3 is 24.2 Å². The van der Waals surface area contributed by atoms with Crippen LogP contribution in [0.15, 0.2) is 0 Å². The van der Waals surface area contributed by atoms with E-state index in [4.69, 9.17) is 5.11 Å². The van der Waals surface area contributed by atoms with E-state index in [9.17, 15) is 53.1 Å². The molecular weight excluding hydrogens is 449 g/mol. The van der Waals surface area contributed by atoms with Gasteiger partial charge in [0, 0.05) is 13.3 Å². The molecule has 4 unspecified atom stereocenters. The van der Waals surface area contributed by atoms with Gasteiger partial charge in [0.25, 0.3) is 11.5 Å². The lowest BCUT2D eigenvalue weighted by molar-refractivity contribution is -0.373. The molecule has 1 aliphatic carbocycles. The highest BCUT2D eigenvalue weighted by Gasteiger charge is 2.74. The molecule has 3 nitrogen and oxygen atoms in total. The van der Waals surface area contributed by atoms with Crippen LogP contribution in [0.4, 0.5) is 48.3 Å². The van der Waals surface area contributed by atoms with Gasteiger partial charge in [-0.15, -0.1) is 0 Å². The van der Waals surface area contributed by atoms with E-state index >= 15 is 0 Å². The van der Waals surface area contributed by atoms with Gasteiger partial charge in [0.2, 0.25) is 5.67 Å². The molecule has 4 atom stereocenters. The Labute approximate surface area is 163 Å². The summed E-state index contributed by atoms with van der Waals surface area (Å²) in [5, 5.41) is 9.06. The zero-order valence-electron chi connectivity index (χ0n) is 15.8. The van der Waals surface area contributed by atoms with E-state index < -0.39 is 78.6 Å². The molecule has 0 spiro atoms. The van der Waals surface area contributed by atoms with Gasteiger partial charge in [0.1, 0.15) is 12.0 Å². The lowest BCUT2D eigenvalue weighted by Gasteiger charge is -2.46. The largest absolute Gasteiger partial charge is 0.462 e. The van der Waals surface area contributed by atoms with Crippen LogP contribution in [-0.2, 0) is 9.53 Å². The van der Waals surface area contributed by atoms with Crippen LogP contribution in [-0.4, -0.2) is 52.6 Å². The van der Waals surface area contributed by atoms with E-state index in [2.05, 4.69) is 4.74 Å². The Hall–Kier alpha value is -1.34. The average Bonchev–Trinajstić information content (AvgIpc) is 2.47. The number of esters is 1. The molecule has 0 bridgehead atoms. The van der Waals surface area contributed by atoms with Gasteiger partial charge in [-0.25, -0.2) is 22.0 Å². The first-order chi connectivity index (χ1) is 13.0. The van der Waals surface area contributed by atoms with Crippen LogP contribution >= 0.6 is 0 Å². The maximum atomic E-state index is 14.6. The van der Waals surface area contributed by atoms with E-state index in [1.807, 2.05) is 0 Å². The quantitative estimate of drug-likeness (QED) is 0.445. The molecule has 1 N–H and O–H groups in total. The smallest absolute Gasteiger partial charge is 0.426 e. The number of halogens is 11. The number of ether oxygens (including phenoxy) is 1. The molecule has 0 aromatic rings. The Morgan fingerprint density at radius 2 is 1.50 bits per heavy atom. The van der Waals surface area contributed by atoms with Crippen molar-refractivity contribution < 1.29 is 62.9 Å². The highest BCUT2D eigenvalue weighted by atomic mass is 19.4. The molecule has 0 radical (unpaired) electrons. The van der Waals surface area contributed by atoms with Gasteiger partial charge in [-0.2, -0.15) is 26.3 Å². The van der Waals surface area contributed by atoms with Gasteiger partial charge in [0.05, 0.1) is 0 Å². The minimum absolute atomic E-state index is 0.142. The number of hydrogen-bond acceptors (Lipinski definition) is 3. The fourth-order valence-electron chi connectivity index (χ4n) is 3.37. The summed E-state index contributed by atoms with van der Waals surface area (Å²) in [4.78, 5) is 12.0. The summed E-state index contributed by atoms with van der Waals surface area (Å²) >= 11 is 0. The van der Waals surface area contributed by atoms with E-state index in [0.717, 1.165) is 6.92 Å². The first-order valence-corrected chi connectivity index (χ1v) is 8.52. The first kappa shape index (κ1) is 26.7. The zero-order valence-corrected chi connectivity index (χ0v) is 15.8. The van der Waals surface area contributed by atoms with Gasteiger partial charge in [-0.05, 0) is 25.7 Å². The van der Waals surface area contributed by atoms with Crippen molar-refractivity contribution in [1.82, 2.24) is 0 Å². The van der Waals surface area contributed by atoms with Crippen LogP contribution in [0, 0.1) is 11.8 Å². The Morgan fingerprint density at radius 1 is 1.07 bits per heavy atom. The van der Waals surface area contributed by atoms with Crippen LogP contribution in [0.5, 0.6) is 0 Å². The highest BCUT2D eigenvalue weighted by molar-refractivity contribution is 5.74. The minimum Gasteiger partial charge on any atom is -0.462 e. The molecule has 0 aromatic heterocycles. The molecule has 0 saturated heterocycles. The van der Waals surface area contributed by atoms with Crippen LogP contribution < -0.4 is 0 Å². The van der Waals surface area contributed by atoms with E-state index in [-0.39, 0.29) is 6.92 Å². The van der Waals surface area contributed by atoms with Gasteiger partial charge in [-0.3, -0.25) is 4.79 Å². The molecule has 14 heteroatoms. The van der Waals surface area contributed by atoms with E-state index in [0.29, 0.717) is 6.92 Å². The number of carbonyl (C=O) groups is 1. The van der Waals surface area contributed by atoms with Crippen molar-refractivity contribution in [3.8, 4) is 0 Å². The molecule has 1 rings (SSSR count). The molecular formula is C16H19F11O3. The van der Waals surface area contributed by atoms with Crippen molar-refractivity contribution in [2.75, 3.05) is 0 Å². The summed E-state index contributed by atoms with van der Waals surface area (Å²) in [7, 11) is 0. The van der Waals surface area contributed by atoms with Crippen molar-refractivity contribution in [3.05, 3.63) is 0 Å². The maximum absolute atomic E-state index is 14.6. The summed E-state index contributed by atoms with van der Waals surface area (Å²) < 4.78 is 151. The van der Waals surface area contributed by atoms with Gasteiger partial charge < -0.3 is 9.84 Å². The summed E-state index contributed by atoms with van der Waals surface area (Å²) in [6.07, 6.45) is -19.5. The van der Waals surface area contributed by atoms with E-state index in [1.165, 1.54) is 0 Å². The van der Waals surface area contributed by atoms with Gasteiger partial charge in [-0.1, -0.05) is 6.92 Å². The predicted molar refractivity (Wildman–Crippen MR) is 78.5 cm³/mol. The van der Waals surface area contributed by atoms with Crippen molar-refractivity contribution in [3.63, 3.8) is 0 Å². The Kier molecular flexibility index (Phi) is 6.82. The predicted octanol–water partition coefficient (Wildman–Crippen LogP) is 5.21. The SMILES string of the molecule is CC1CC(C(=O)OC(C)CC(O)(C(F)(F)F)C(F)(F)F)C(F)(F)C(F)(C(C)(F)F)C1. The van der Waals surface area contributed by atoms with Crippen molar-refractivity contribution in [2.24, 2.45) is 11.8 Å². The third-order valence-corrected chi connectivity index (χ3v) is 5.05. The van der Waals surface area contributed by atoms with Crippen LogP contribution in [0.1, 0.15) is 40.0 Å². The molecule has 178 valence electrons. The molecule has 1 fully saturated rings. The van der Waals surface area contributed by atoms with Gasteiger partial charge in [0.15, 0.2) is 0 Å². The maximum Gasteiger partial charge on any atom is 0.426 e. The molecule has 0 aromatic carbocycles. The lowest BCUT2D eigenvalue weighted by Crippen LogP contribution is -2.64. The molecule has 0 heterocycles. The van der Waals surface area contributed by atoms with Crippen LogP contribution in [0.25, 0.3) is 0 Å². The fourth-order valence-corrected chi connectivity index (χ4v) is 3.37. The van der Waals surface area contributed by atoms with E-state index in [1.54, 1.807) is 0 Å². The first-order valence-electron chi connectivity index (χ1n) is 8.52. The monoisotopic (exact) mass is 468 g/mol. The summed E-state index contributed by atoms with van der Waals surface area (Å²) in [5.41, 5.74) is -9.83.